The summed E-state index contributed by atoms with van der Waals surface area (Å²) in [5, 5.41) is 13.5. The van der Waals surface area contributed by atoms with Crippen LogP contribution in [-0.4, -0.2) is 31.9 Å². The van der Waals surface area contributed by atoms with Crippen LogP contribution in [0.1, 0.15) is 36.2 Å². The highest BCUT2D eigenvalue weighted by molar-refractivity contribution is 5.89. The van der Waals surface area contributed by atoms with Gasteiger partial charge in [0.15, 0.2) is 17.3 Å². The minimum Gasteiger partial charge on any atom is -0.486 e. The third-order valence-electron chi connectivity index (χ3n) is 3.40. The first-order valence-electron chi connectivity index (χ1n) is 6.65. The van der Waals surface area contributed by atoms with E-state index in [4.69, 9.17) is 4.74 Å². The smallest absolute Gasteiger partial charge is 0.358 e. The van der Waals surface area contributed by atoms with E-state index in [1.165, 1.54) is 10.9 Å². The number of aromatic carboxylic acids is 1. The molecule has 1 fully saturated rings. The molecule has 0 spiro atoms. The van der Waals surface area contributed by atoms with Crippen molar-refractivity contribution >= 4 is 5.97 Å². The van der Waals surface area contributed by atoms with E-state index in [-0.39, 0.29) is 11.8 Å². The van der Waals surface area contributed by atoms with Crippen molar-refractivity contribution in [3.63, 3.8) is 0 Å². The maximum absolute atomic E-state index is 11.5. The molecule has 2 heterocycles. The number of rotatable bonds is 4. The fraction of sp³-hybridized carbons (Fsp3) is 0.357. The molecule has 6 heteroatoms. The molecule has 2 aromatic heterocycles. The highest BCUT2D eigenvalue weighted by Crippen LogP contribution is 2.27. The van der Waals surface area contributed by atoms with E-state index in [1.807, 2.05) is 0 Å². The molecular weight excluding hydrogens is 258 g/mol. The summed E-state index contributed by atoms with van der Waals surface area (Å²) in [5.41, 5.74) is 0.0237. The fourth-order valence-corrected chi connectivity index (χ4v) is 2.45. The molecule has 0 saturated heterocycles. The second kappa shape index (κ2) is 5.32. The van der Waals surface area contributed by atoms with Gasteiger partial charge in [-0.15, -0.1) is 0 Å². The van der Waals surface area contributed by atoms with Gasteiger partial charge in [-0.3, -0.25) is 0 Å². The fourth-order valence-electron chi connectivity index (χ4n) is 2.45. The van der Waals surface area contributed by atoms with Crippen molar-refractivity contribution in [3.8, 4) is 11.6 Å². The van der Waals surface area contributed by atoms with Crippen LogP contribution in [0.15, 0.2) is 30.6 Å². The summed E-state index contributed by atoms with van der Waals surface area (Å²) in [7, 11) is 0. The third kappa shape index (κ3) is 2.36. The first-order valence-corrected chi connectivity index (χ1v) is 6.65. The lowest BCUT2D eigenvalue weighted by atomic mass is 10.3. The van der Waals surface area contributed by atoms with Gasteiger partial charge in [-0.2, -0.15) is 5.10 Å². The standard InChI is InChI=1S/C14H15N3O3/c18-14(19)13-11(20-10-5-1-2-6-10)9-16-17(13)12-7-3-4-8-15-12/h3-4,7-10H,1-2,5-6H2,(H,18,19). The second-order valence-electron chi connectivity index (χ2n) is 4.79. The Morgan fingerprint density at radius 1 is 1.35 bits per heavy atom. The van der Waals surface area contributed by atoms with Gasteiger partial charge in [0.1, 0.15) is 0 Å². The van der Waals surface area contributed by atoms with E-state index in [0.717, 1.165) is 25.7 Å². The maximum Gasteiger partial charge on any atom is 0.358 e. The molecule has 2 aromatic rings. The molecular formula is C14H15N3O3. The summed E-state index contributed by atoms with van der Waals surface area (Å²) in [6, 6.07) is 5.26. The van der Waals surface area contributed by atoms with Crippen LogP contribution in [0.3, 0.4) is 0 Å². The van der Waals surface area contributed by atoms with Gasteiger partial charge in [-0.1, -0.05) is 6.07 Å². The Labute approximate surface area is 116 Å². The van der Waals surface area contributed by atoms with Gasteiger partial charge in [0.05, 0.1) is 12.3 Å². The van der Waals surface area contributed by atoms with E-state index in [1.54, 1.807) is 24.4 Å². The molecule has 20 heavy (non-hydrogen) atoms. The maximum atomic E-state index is 11.5. The van der Waals surface area contributed by atoms with Gasteiger partial charge in [0, 0.05) is 6.20 Å². The predicted molar refractivity (Wildman–Crippen MR) is 71.2 cm³/mol. The van der Waals surface area contributed by atoms with Crippen LogP contribution in [0.5, 0.6) is 5.75 Å². The number of carboxylic acid groups (broad SMARTS) is 1. The average molecular weight is 273 g/mol. The van der Waals surface area contributed by atoms with Crippen LogP contribution in [-0.2, 0) is 0 Å². The molecule has 3 rings (SSSR count). The molecule has 104 valence electrons. The third-order valence-corrected chi connectivity index (χ3v) is 3.40. The lowest BCUT2D eigenvalue weighted by molar-refractivity contribution is 0.0679. The molecule has 0 radical (unpaired) electrons. The molecule has 0 aliphatic heterocycles. The molecule has 0 aromatic carbocycles. The molecule has 1 aliphatic rings. The minimum atomic E-state index is -1.07. The highest BCUT2D eigenvalue weighted by Gasteiger charge is 2.24. The predicted octanol–water partition coefficient (Wildman–Crippen LogP) is 2.29. The zero-order valence-corrected chi connectivity index (χ0v) is 10.9. The summed E-state index contributed by atoms with van der Waals surface area (Å²) in [4.78, 5) is 15.6. The van der Waals surface area contributed by atoms with E-state index in [9.17, 15) is 9.90 Å². The molecule has 1 N–H and O–H groups in total. The lowest BCUT2D eigenvalue weighted by Crippen LogP contribution is -2.15. The molecule has 0 amide bonds. The van der Waals surface area contributed by atoms with Crippen molar-refractivity contribution in [3.05, 3.63) is 36.3 Å². The quantitative estimate of drug-likeness (QED) is 0.924. The zero-order chi connectivity index (χ0) is 13.9. The lowest BCUT2D eigenvalue weighted by Gasteiger charge is -2.12. The van der Waals surface area contributed by atoms with Gasteiger partial charge < -0.3 is 9.84 Å². The van der Waals surface area contributed by atoms with E-state index >= 15 is 0 Å². The van der Waals surface area contributed by atoms with E-state index in [2.05, 4.69) is 10.1 Å². The monoisotopic (exact) mass is 273 g/mol. The summed E-state index contributed by atoms with van der Waals surface area (Å²) in [6.07, 6.45) is 7.33. The van der Waals surface area contributed by atoms with Crippen molar-refractivity contribution in [2.75, 3.05) is 0 Å². The highest BCUT2D eigenvalue weighted by atomic mass is 16.5. The van der Waals surface area contributed by atoms with Gasteiger partial charge in [0.25, 0.3) is 0 Å². The number of hydrogen-bond donors (Lipinski definition) is 1. The number of carbonyl (C=O) groups is 1. The number of aromatic nitrogens is 3. The van der Waals surface area contributed by atoms with Crippen molar-refractivity contribution < 1.29 is 14.6 Å². The normalized spacial score (nSPS) is 15.4. The van der Waals surface area contributed by atoms with Crippen LogP contribution in [0.2, 0.25) is 0 Å². The van der Waals surface area contributed by atoms with Gasteiger partial charge in [-0.05, 0) is 37.8 Å². The van der Waals surface area contributed by atoms with Crippen LogP contribution in [0.4, 0.5) is 0 Å². The Bertz CT molecular complexity index is 603. The minimum absolute atomic E-state index is 0.0237. The Morgan fingerprint density at radius 3 is 2.80 bits per heavy atom. The average Bonchev–Trinajstić information content (AvgIpc) is 3.09. The van der Waals surface area contributed by atoms with Gasteiger partial charge in [0.2, 0.25) is 0 Å². The summed E-state index contributed by atoms with van der Waals surface area (Å²) in [6.45, 7) is 0. The second-order valence-corrected chi connectivity index (χ2v) is 4.79. The molecule has 6 nitrogen and oxygen atoms in total. The Kier molecular flexibility index (Phi) is 3.37. The van der Waals surface area contributed by atoms with E-state index in [0.29, 0.717) is 11.6 Å². The Hall–Kier alpha value is -2.37. The number of carboxylic acids is 1. The van der Waals surface area contributed by atoms with Crippen molar-refractivity contribution in [2.45, 2.75) is 31.8 Å². The molecule has 1 aliphatic carbocycles. The first kappa shape index (κ1) is 12.7. The van der Waals surface area contributed by atoms with Crippen LogP contribution >= 0.6 is 0 Å². The van der Waals surface area contributed by atoms with E-state index < -0.39 is 5.97 Å². The Balaban J connectivity index is 1.95. The number of nitrogens with zero attached hydrogens (tertiary/aromatic N) is 3. The Morgan fingerprint density at radius 2 is 2.15 bits per heavy atom. The number of pyridine rings is 1. The number of hydrogen-bond acceptors (Lipinski definition) is 4. The van der Waals surface area contributed by atoms with Crippen LogP contribution < -0.4 is 4.74 Å². The molecule has 0 unspecified atom stereocenters. The van der Waals surface area contributed by atoms with Gasteiger partial charge >= 0.3 is 5.97 Å². The molecule has 0 bridgehead atoms. The van der Waals surface area contributed by atoms with Crippen molar-refractivity contribution in [2.24, 2.45) is 0 Å². The zero-order valence-electron chi connectivity index (χ0n) is 10.9. The first-order chi connectivity index (χ1) is 9.75. The van der Waals surface area contributed by atoms with Crippen LogP contribution in [0.25, 0.3) is 5.82 Å². The number of ether oxygens (including phenoxy) is 1. The SMILES string of the molecule is O=C(O)c1c(OC2CCCC2)cnn1-c1ccccn1. The van der Waals surface area contributed by atoms with Gasteiger partial charge in [-0.25, -0.2) is 14.5 Å². The van der Waals surface area contributed by atoms with Crippen molar-refractivity contribution in [1.82, 2.24) is 14.8 Å². The molecule has 0 atom stereocenters. The summed E-state index contributed by atoms with van der Waals surface area (Å²) in [5.74, 6) is -0.289. The van der Waals surface area contributed by atoms with Crippen LogP contribution in [0, 0.1) is 0 Å². The molecule has 1 saturated carbocycles. The largest absolute Gasteiger partial charge is 0.486 e. The summed E-state index contributed by atoms with van der Waals surface area (Å²) < 4.78 is 7.08. The van der Waals surface area contributed by atoms with Crippen molar-refractivity contribution in [1.29, 1.82) is 0 Å². The summed E-state index contributed by atoms with van der Waals surface area (Å²) >= 11 is 0. The topological polar surface area (TPSA) is 77.2 Å².